The van der Waals surface area contributed by atoms with Crippen LogP contribution in [-0.2, 0) is 19.9 Å². The van der Waals surface area contributed by atoms with Gasteiger partial charge in [0.25, 0.3) is 0 Å². The third kappa shape index (κ3) is 3.63. The summed E-state index contributed by atoms with van der Waals surface area (Å²) in [5.41, 5.74) is 2.52. The lowest BCUT2D eigenvalue weighted by Gasteiger charge is -2.18. The van der Waals surface area contributed by atoms with Gasteiger partial charge in [-0.25, -0.2) is 0 Å². The van der Waals surface area contributed by atoms with Gasteiger partial charge >= 0.3 is 0 Å². The predicted octanol–water partition coefficient (Wildman–Crippen LogP) is 2.16. The summed E-state index contributed by atoms with van der Waals surface area (Å²) < 4.78 is 2.02. The van der Waals surface area contributed by atoms with E-state index < -0.39 is 0 Å². The smallest absolute Gasteiger partial charge is 0.0624 e. The number of nitrogens with zero attached hydrogens (tertiary/aromatic N) is 2. The summed E-state index contributed by atoms with van der Waals surface area (Å²) in [7, 11) is 4.08. The van der Waals surface area contributed by atoms with Crippen LogP contribution in [0.2, 0.25) is 0 Å². The second-order valence-electron chi connectivity index (χ2n) is 4.92. The lowest BCUT2D eigenvalue weighted by atomic mass is 10.00. The van der Waals surface area contributed by atoms with Crippen molar-refractivity contribution < 1.29 is 0 Å². The summed E-state index contributed by atoms with van der Waals surface area (Å²) in [6.07, 6.45) is 3.30. The number of aromatic nitrogens is 2. The molecule has 0 aromatic carbocycles. The maximum atomic E-state index is 4.48. The van der Waals surface area contributed by atoms with Crippen LogP contribution in [0.4, 0.5) is 0 Å². The quantitative estimate of drug-likeness (QED) is 0.801. The molecule has 0 aliphatic carbocycles. The largest absolute Gasteiger partial charge is 0.317 e. The van der Waals surface area contributed by atoms with E-state index in [9.17, 15) is 0 Å². The highest BCUT2D eigenvalue weighted by atomic mass is 15.3. The third-order valence-electron chi connectivity index (χ3n) is 3.01. The van der Waals surface area contributed by atoms with Gasteiger partial charge in [-0.05, 0) is 31.9 Å². The van der Waals surface area contributed by atoms with Crippen molar-refractivity contribution >= 4 is 0 Å². The minimum Gasteiger partial charge on any atom is -0.317 e. The van der Waals surface area contributed by atoms with Crippen molar-refractivity contribution in [3.8, 4) is 0 Å². The number of hydrogen-bond acceptors (Lipinski definition) is 2. The van der Waals surface area contributed by atoms with Gasteiger partial charge in [0.1, 0.15) is 0 Å². The molecule has 1 atom stereocenters. The van der Waals surface area contributed by atoms with Gasteiger partial charge in [0.15, 0.2) is 0 Å². The number of rotatable bonds is 6. The third-order valence-corrected chi connectivity index (χ3v) is 3.01. The Morgan fingerprint density at radius 3 is 2.56 bits per heavy atom. The predicted molar refractivity (Wildman–Crippen MR) is 68.6 cm³/mol. The molecular weight excluding hydrogens is 198 g/mol. The molecule has 92 valence electrons. The average molecular weight is 223 g/mol. The molecule has 0 spiro atoms. The highest BCUT2D eigenvalue weighted by Crippen LogP contribution is 2.12. The molecule has 3 nitrogen and oxygen atoms in total. The Labute approximate surface area is 99.2 Å². The molecule has 1 aromatic rings. The van der Waals surface area contributed by atoms with Crippen molar-refractivity contribution in [3.63, 3.8) is 0 Å². The summed E-state index contributed by atoms with van der Waals surface area (Å²) in [4.78, 5) is 0. The van der Waals surface area contributed by atoms with Crippen LogP contribution >= 0.6 is 0 Å². The van der Waals surface area contributed by atoms with Crippen LogP contribution in [-0.4, -0.2) is 22.9 Å². The van der Waals surface area contributed by atoms with E-state index in [0.29, 0.717) is 6.04 Å². The maximum Gasteiger partial charge on any atom is 0.0624 e. The normalized spacial score (nSPS) is 13.4. The fraction of sp³-hybridized carbons (Fsp3) is 0.769. The molecule has 0 aliphatic heterocycles. The molecular formula is C13H25N3. The number of hydrogen-bond donors (Lipinski definition) is 1. The van der Waals surface area contributed by atoms with E-state index in [1.807, 2.05) is 18.8 Å². The molecule has 0 aliphatic rings. The van der Waals surface area contributed by atoms with Crippen LogP contribution in [0.15, 0.2) is 6.07 Å². The zero-order valence-corrected chi connectivity index (χ0v) is 11.2. The Morgan fingerprint density at radius 1 is 1.44 bits per heavy atom. The van der Waals surface area contributed by atoms with E-state index in [2.05, 4.69) is 37.3 Å². The fourth-order valence-electron chi connectivity index (χ4n) is 2.06. The molecule has 0 saturated heterocycles. The van der Waals surface area contributed by atoms with Crippen LogP contribution in [0.3, 0.4) is 0 Å². The maximum absolute atomic E-state index is 4.48. The number of likely N-dealkylation sites (N-methyl/N-ethyl adjacent to an activating group) is 1. The van der Waals surface area contributed by atoms with Crippen molar-refractivity contribution in [2.45, 2.75) is 46.1 Å². The molecule has 0 saturated carbocycles. The van der Waals surface area contributed by atoms with Gasteiger partial charge in [0.05, 0.1) is 5.69 Å². The first-order valence-electron chi connectivity index (χ1n) is 6.25. The summed E-state index contributed by atoms with van der Waals surface area (Å²) in [5, 5.41) is 7.88. The first-order valence-corrected chi connectivity index (χ1v) is 6.25. The first kappa shape index (κ1) is 13.2. The number of aryl methyl sites for hydroxylation is 2. The van der Waals surface area contributed by atoms with E-state index >= 15 is 0 Å². The summed E-state index contributed by atoms with van der Waals surface area (Å²) in [6.45, 7) is 6.69. The Kier molecular flexibility index (Phi) is 5.00. The summed E-state index contributed by atoms with van der Waals surface area (Å²) >= 11 is 0. The minimum atomic E-state index is 0.556. The second-order valence-corrected chi connectivity index (χ2v) is 4.92. The topological polar surface area (TPSA) is 29.9 Å². The molecule has 0 fully saturated rings. The van der Waals surface area contributed by atoms with Crippen molar-refractivity contribution in [1.29, 1.82) is 0 Å². The Morgan fingerprint density at radius 2 is 2.12 bits per heavy atom. The zero-order chi connectivity index (χ0) is 12.1. The molecule has 3 heteroatoms. The van der Waals surface area contributed by atoms with Gasteiger partial charge in [-0.15, -0.1) is 0 Å². The van der Waals surface area contributed by atoms with E-state index in [1.165, 1.54) is 17.8 Å². The molecule has 1 heterocycles. The van der Waals surface area contributed by atoms with Gasteiger partial charge in [-0.2, -0.15) is 5.10 Å². The fourth-order valence-corrected chi connectivity index (χ4v) is 2.06. The SMILES string of the molecule is CCc1cc(CC(CC(C)C)NC)n(C)n1. The van der Waals surface area contributed by atoms with Gasteiger partial charge in [-0.3, -0.25) is 4.68 Å². The standard InChI is InChI=1S/C13H25N3/c1-6-11-8-13(16(5)15-11)9-12(14-4)7-10(2)3/h8,10,12,14H,6-7,9H2,1-5H3. The van der Waals surface area contributed by atoms with E-state index in [-0.39, 0.29) is 0 Å². The minimum absolute atomic E-state index is 0.556. The molecule has 16 heavy (non-hydrogen) atoms. The Hall–Kier alpha value is -0.830. The highest BCUT2D eigenvalue weighted by Gasteiger charge is 2.12. The average Bonchev–Trinajstić information content (AvgIpc) is 2.58. The molecule has 0 bridgehead atoms. The van der Waals surface area contributed by atoms with Crippen LogP contribution in [0.5, 0.6) is 0 Å². The molecule has 0 radical (unpaired) electrons. The van der Waals surface area contributed by atoms with Gasteiger partial charge in [0.2, 0.25) is 0 Å². The molecule has 1 N–H and O–H groups in total. The van der Waals surface area contributed by atoms with Crippen LogP contribution < -0.4 is 5.32 Å². The monoisotopic (exact) mass is 223 g/mol. The molecule has 1 rings (SSSR count). The van der Waals surface area contributed by atoms with Crippen molar-refractivity contribution in [2.75, 3.05) is 7.05 Å². The van der Waals surface area contributed by atoms with E-state index in [0.717, 1.165) is 18.8 Å². The Balaban J connectivity index is 2.65. The van der Waals surface area contributed by atoms with Crippen molar-refractivity contribution in [2.24, 2.45) is 13.0 Å². The van der Waals surface area contributed by atoms with Crippen molar-refractivity contribution in [1.82, 2.24) is 15.1 Å². The Bertz CT molecular complexity index is 315. The number of nitrogens with one attached hydrogen (secondary N) is 1. The summed E-state index contributed by atoms with van der Waals surface area (Å²) in [6, 6.07) is 2.78. The van der Waals surface area contributed by atoms with Crippen molar-refractivity contribution in [3.05, 3.63) is 17.5 Å². The zero-order valence-electron chi connectivity index (χ0n) is 11.2. The lowest BCUT2D eigenvalue weighted by Crippen LogP contribution is -2.29. The van der Waals surface area contributed by atoms with Gasteiger partial charge in [0, 0.05) is 25.2 Å². The van der Waals surface area contributed by atoms with Gasteiger partial charge < -0.3 is 5.32 Å². The molecule has 0 amide bonds. The van der Waals surface area contributed by atoms with Crippen LogP contribution in [0.25, 0.3) is 0 Å². The van der Waals surface area contributed by atoms with E-state index in [1.54, 1.807) is 0 Å². The van der Waals surface area contributed by atoms with Gasteiger partial charge in [-0.1, -0.05) is 20.8 Å². The van der Waals surface area contributed by atoms with Crippen LogP contribution in [0, 0.1) is 5.92 Å². The van der Waals surface area contributed by atoms with E-state index in [4.69, 9.17) is 0 Å². The molecule has 1 aromatic heterocycles. The lowest BCUT2D eigenvalue weighted by molar-refractivity contribution is 0.432. The van der Waals surface area contributed by atoms with Crippen LogP contribution in [0.1, 0.15) is 38.6 Å². The summed E-state index contributed by atoms with van der Waals surface area (Å²) in [5.74, 6) is 0.733. The first-order chi connectivity index (χ1) is 7.56. The molecule has 1 unspecified atom stereocenters. The highest BCUT2D eigenvalue weighted by molar-refractivity contribution is 5.11. The second kappa shape index (κ2) is 6.04.